The lowest BCUT2D eigenvalue weighted by atomic mass is 10.1. The van der Waals surface area contributed by atoms with Gasteiger partial charge < -0.3 is 5.32 Å². The second-order valence-electron chi connectivity index (χ2n) is 4.28. The topological polar surface area (TPSA) is 12.0 Å². The number of likely N-dealkylation sites (N-methyl/N-ethyl adjacent to an activating group) is 1. The monoisotopic (exact) mass is 275 g/mol. The number of nitrogens with one attached hydrogen (secondary N) is 1. The van der Waals surface area contributed by atoms with Crippen molar-refractivity contribution in [2.45, 2.75) is 31.6 Å². The number of hydrogen-bond donors (Lipinski definition) is 1. The Kier molecular flexibility index (Phi) is 6.31. The smallest absolute Gasteiger partial charge is 0.142 e. The molecule has 0 saturated heterocycles. The summed E-state index contributed by atoms with van der Waals surface area (Å²) in [6, 6.07) is 5.30. The third kappa shape index (κ3) is 4.86. The van der Waals surface area contributed by atoms with Crippen LogP contribution in [0.5, 0.6) is 0 Å². The van der Waals surface area contributed by atoms with E-state index in [4.69, 9.17) is 11.6 Å². The summed E-state index contributed by atoms with van der Waals surface area (Å²) in [5, 5.41) is 4.11. The molecule has 0 fully saturated rings. The summed E-state index contributed by atoms with van der Waals surface area (Å²) in [4.78, 5) is 0. The highest BCUT2D eigenvalue weighted by atomic mass is 35.5. The molecule has 1 nitrogen and oxygen atoms in total. The Bertz CT molecular complexity index is 357. The van der Waals surface area contributed by atoms with Crippen molar-refractivity contribution >= 4 is 23.4 Å². The van der Waals surface area contributed by atoms with Crippen molar-refractivity contribution in [1.29, 1.82) is 0 Å². The minimum absolute atomic E-state index is 0.252. The van der Waals surface area contributed by atoms with Gasteiger partial charge in [-0.15, -0.1) is 0 Å². The predicted molar refractivity (Wildman–Crippen MR) is 75.6 cm³/mol. The molecule has 17 heavy (non-hydrogen) atoms. The molecular weight excluding hydrogens is 257 g/mol. The van der Waals surface area contributed by atoms with Gasteiger partial charge >= 0.3 is 0 Å². The predicted octanol–water partition coefficient (Wildman–Crippen LogP) is 3.75. The number of rotatable bonds is 6. The van der Waals surface area contributed by atoms with Crippen molar-refractivity contribution in [2.24, 2.45) is 0 Å². The molecule has 1 aromatic rings. The van der Waals surface area contributed by atoms with Crippen molar-refractivity contribution in [3.8, 4) is 0 Å². The van der Waals surface area contributed by atoms with Gasteiger partial charge in [-0.05, 0) is 30.3 Å². The maximum atomic E-state index is 13.3. The highest BCUT2D eigenvalue weighted by Gasteiger charge is 2.12. The first-order chi connectivity index (χ1) is 8.04. The van der Waals surface area contributed by atoms with Gasteiger partial charge in [0.15, 0.2) is 0 Å². The minimum atomic E-state index is -0.337. The van der Waals surface area contributed by atoms with Gasteiger partial charge in [-0.2, -0.15) is 11.8 Å². The van der Waals surface area contributed by atoms with E-state index in [1.807, 2.05) is 24.9 Å². The van der Waals surface area contributed by atoms with Gasteiger partial charge in [0.25, 0.3) is 0 Å². The van der Waals surface area contributed by atoms with E-state index in [9.17, 15) is 4.39 Å². The molecule has 1 atom stereocenters. The van der Waals surface area contributed by atoms with Crippen LogP contribution in [0.1, 0.15) is 19.4 Å². The summed E-state index contributed by atoms with van der Waals surface area (Å²) in [6.45, 7) is 4.35. The Morgan fingerprint density at radius 3 is 2.71 bits per heavy atom. The van der Waals surface area contributed by atoms with Crippen LogP contribution in [0.4, 0.5) is 4.39 Å². The summed E-state index contributed by atoms with van der Waals surface area (Å²) in [5.74, 6) is 0.664. The maximum absolute atomic E-state index is 13.3. The fourth-order valence-corrected chi connectivity index (χ4v) is 2.63. The molecule has 0 radical (unpaired) electrons. The Labute approximate surface area is 112 Å². The Balaban J connectivity index is 2.64. The third-order valence-electron chi connectivity index (χ3n) is 2.54. The van der Waals surface area contributed by atoms with E-state index in [0.29, 0.717) is 11.3 Å². The van der Waals surface area contributed by atoms with E-state index in [1.54, 1.807) is 6.07 Å². The molecule has 1 unspecified atom stereocenters. The standard InChI is InChI=1S/C13H19ClFNS/c1-9(2)17-8-11(16-3)7-10-5-4-6-12(15)13(10)14/h4-6,9,11,16H,7-8H2,1-3H3. The van der Waals surface area contributed by atoms with Crippen molar-refractivity contribution in [3.63, 3.8) is 0 Å². The van der Waals surface area contributed by atoms with Gasteiger partial charge in [-0.25, -0.2) is 4.39 Å². The molecule has 96 valence electrons. The van der Waals surface area contributed by atoms with E-state index in [1.165, 1.54) is 6.07 Å². The Morgan fingerprint density at radius 2 is 2.12 bits per heavy atom. The fraction of sp³-hybridized carbons (Fsp3) is 0.538. The van der Waals surface area contributed by atoms with Crippen molar-refractivity contribution in [1.82, 2.24) is 5.32 Å². The molecular formula is C13H19ClFNS. The number of thioether (sulfide) groups is 1. The molecule has 0 amide bonds. The van der Waals surface area contributed by atoms with Gasteiger partial charge in [0.05, 0.1) is 5.02 Å². The zero-order chi connectivity index (χ0) is 12.8. The van der Waals surface area contributed by atoms with Gasteiger partial charge in [-0.3, -0.25) is 0 Å². The summed E-state index contributed by atoms with van der Waals surface area (Å²) >= 11 is 7.84. The zero-order valence-corrected chi connectivity index (χ0v) is 12.0. The molecule has 0 heterocycles. The van der Waals surface area contributed by atoms with E-state index in [0.717, 1.165) is 17.7 Å². The van der Waals surface area contributed by atoms with E-state index < -0.39 is 0 Å². The van der Waals surface area contributed by atoms with Crippen LogP contribution in [-0.4, -0.2) is 24.1 Å². The van der Waals surface area contributed by atoms with Gasteiger partial charge in [0, 0.05) is 11.8 Å². The van der Waals surface area contributed by atoms with Crippen molar-refractivity contribution < 1.29 is 4.39 Å². The molecule has 0 aliphatic heterocycles. The molecule has 0 aromatic heterocycles. The Morgan fingerprint density at radius 1 is 1.41 bits per heavy atom. The quantitative estimate of drug-likeness (QED) is 0.849. The van der Waals surface area contributed by atoms with Crippen LogP contribution in [-0.2, 0) is 6.42 Å². The minimum Gasteiger partial charge on any atom is -0.316 e. The van der Waals surface area contributed by atoms with Crippen molar-refractivity contribution in [3.05, 3.63) is 34.6 Å². The lowest BCUT2D eigenvalue weighted by Crippen LogP contribution is -2.30. The second-order valence-corrected chi connectivity index (χ2v) is 6.27. The summed E-state index contributed by atoms with van der Waals surface area (Å²) in [5.41, 5.74) is 0.871. The molecule has 0 saturated carbocycles. The number of hydrogen-bond acceptors (Lipinski definition) is 2. The molecule has 4 heteroatoms. The zero-order valence-electron chi connectivity index (χ0n) is 10.5. The average molecular weight is 276 g/mol. The van der Waals surface area contributed by atoms with Crippen LogP contribution < -0.4 is 5.32 Å². The number of halogens is 2. The average Bonchev–Trinajstić information content (AvgIpc) is 2.29. The van der Waals surface area contributed by atoms with E-state index in [-0.39, 0.29) is 10.8 Å². The second kappa shape index (κ2) is 7.24. The normalized spacial score (nSPS) is 13.1. The molecule has 0 aliphatic rings. The molecule has 0 bridgehead atoms. The van der Waals surface area contributed by atoms with Crippen LogP contribution in [0.3, 0.4) is 0 Å². The lowest BCUT2D eigenvalue weighted by Gasteiger charge is -2.18. The molecule has 1 aromatic carbocycles. The van der Waals surface area contributed by atoms with Gasteiger partial charge in [0.1, 0.15) is 5.82 Å². The lowest BCUT2D eigenvalue weighted by molar-refractivity contribution is 0.602. The van der Waals surface area contributed by atoms with Gasteiger partial charge in [-0.1, -0.05) is 37.6 Å². The number of benzene rings is 1. The summed E-state index contributed by atoms with van der Waals surface area (Å²) in [6.07, 6.45) is 0.757. The van der Waals surface area contributed by atoms with Gasteiger partial charge in [0.2, 0.25) is 0 Å². The largest absolute Gasteiger partial charge is 0.316 e. The van der Waals surface area contributed by atoms with Crippen LogP contribution in [0.2, 0.25) is 5.02 Å². The molecule has 0 spiro atoms. The Hall–Kier alpha value is -0.250. The van der Waals surface area contributed by atoms with Crippen LogP contribution in [0.15, 0.2) is 18.2 Å². The fourth-order valence-electron chi connectivity index (χ4n) is 1.52. The highest BCUT2D eigenvalue weighted by molar-refractivity contribution is 7.99. The molecule has 1 rings (SSSR count). The van der Waals surface area contributed by atoms with Crippen molar-refractivity contribution in [2.75, 3.05) is 12.8 Å². The van der Waals surface area contributed by atoms with E-state index in [2.05, 4.69) is 19.2 Å². The first kappa shape index (κ1) is 14.8. The maximum Gasteiger partial charge on any atom is 0.142 e. The van der Waals surface area contributed by atoms with Crippen LogP contribution in [0, 0.1) is 5.82 Å². The van der Waals surface area contributed by atoms with E-state index >= 15 is 0 Å². The highest BCUT2D eigenvalue weighted by Crippen LogP contribution is 2.22. The molecule has 1 N–H and O–H groups in total. The van der Waals surface area contributed by atoms with Crippen LogP contribution >= 0.6 is 23.4 Å². The first-order valence-corrected chi connectivity index (χ1v) is 7.19. The molecule has 0 aliphatic carbocycles. The third-order valence-corrected chi connectivity index (χ3v) is 4.22. The SMILES string of the molecule is CNC(CSC(C)C)Cc1cccc(F)c1Cl. The summed E-state index contributed by atoms with van der Waals surface area (Å²) < 4.78 is 13.3. The van der Waals surface area contributed by atoms with Crippen LogP contribution in [0.25, 0.3) is 0 Å². The summed E-state index contributed by atoms with van der Waals surface area (Å²) in [7, 11) is 1.93. The first-order valence-electron chi connectivity index (χ1n) is 5.76.